The van der Waals surface area contributed by atoms with Crippen LogP contribution in [-0.4, -0.2) is 50.1 Å². The van der Waals surface area contributed by atoms with Crippen LogP contribution in [0.4, 0.5) is 5.13 Å². The quantitative estimate of drug-likeness (QED) is 0.404. The van der Waals surface area contributed by atoms with Crippen molar-refractivity contribution in [2.45, 2.75) is 12.0 Å². The minimum atomic E-state index is -0.677. The molecule has 1 aliphatic rings. The number of amides is 2. The van der Waals surface area contributed by atoms with E-state index in [1.54, 1.807) is 51.5 Å². The van der Waals surface area contributed by atoms with Crippen LogP contribution in [0.5, 0.6) is 17.2 Å². The number of benzene rings is 3. The molecule has 184 valence electrons. The van der Waals surface area contributed by atoms with Crippen LogP contribution < -0.4 is 19.5 Å². The fourth-order valence-electron chi connectivity index (χ4n) is 4.68. The van der Waals surface area contributed by atoms with Gasteiger partial charge in [-0.1, -0.05) is 35.6 Å². The van der Waals surface area contributed by atoms with Gasteiger partial charge >= 0.3 is 0 Å². The second-order valence-electron chi connectivity index (χ2n) is 8.38. The van der Waals surface area contributed by atoms with Crippen molar-refractivity contribution in [3.8, 4) is 17.2 Å². The first-order valence-electron chi connectivity index (χ1n) is 11.3. The van der Waals surface area contributed by atoms with Crippen molar-refractivity contribution in [3.63, 3.8) is 0 Å². The second-order valence-corrected chi connectivity index (χ2v) is 9.41. The summed E-state index contributed by atoms with van der Waals surface area (Å²) in [4.78, 5) is 33.4. The van der Waals surface area contributed by atoms with Crippen LogP contribution in [0.3, 0.4) is 0 Å². The van der Waals surface area contributed by atoms with E-state index in [2.05, 4.69) is 10.3 Å². The maximum Gasteiger partial charge on any atom is 0.254 e. The maximum atomic E-state index is 13.9. The molecule has 0 spiro atoms. The molecule has 36 heavy (non-hydrogen) atoms. The molecular formula is C27H25N3O5S. The number of carbonyl (C=O) groups is 2. The Bertz CT molecular complexity index is 1470. The number of anilines is 1. The third-order valence-electron chi connectivity index (χ3n) is 6.44. The van der Waals surface area contributed by atoms with E-state index >= 15 is 0 Å². The van der Waals surface area contributed by atoms with E-state index in [1.165, 1.54) is 11.3 Å². The summed E-state index contributed by atoms with van der Waals surface area (Å²) in [6.45, 7) is 0. The van der Waals surface area contributed by atoms with Crippen LogP contribution in [0.1, 0.15) is 33.4 Å². The minimum Gasteiger partial charge on any atom is -0.497 e. The van der Waals surface area contributed by atoms with Gasteiger partial charge in [-0.15, -0.1) is 0 Å². The van der Waals surface area contributed by atoms with Gasteiger partial charge in [-0.25, -0.2) is 4.98 Å². The zero-order valence-corrected chi connectivity index (χ0v) is 21.1. The van der Waals surface area contributed by atoms with Crippen molar-refractivity contribution in [1.29, 1.82) is 0 Å². The van der Waals surface area contributed by atoms with E-state index in [0.717, 1.165) is 21.5 Å². The smallest absolute Gasteiger partial charge is 0.254 e. The first-order valence-corrected chi connectivity index (χ1v) is 12.1. The Hall–Kier alpha value is -4.11. The summed E-state index contributed by atoms with van der Waals surface area (Å²) in [5, 5.41) is 3.48. The number of hydrogen-bond acceptors (Lipinski definition) is 7. The number of ether oxygens (including phenoxy) is 3. The highest BCUT2D eigenvalue weighted by Crippen LogP contribution is 2.44. The first kappa shape index (κ1) is 23.6. The molecule has 2 atom stereocenters. The van der Waals surface area contributed by atoms with Crippen LogP contribution in [0.15, 0.2) is 60.7 Å². The van der Waals surface area contributed by atoms with E-state index in [-0.39, 0.29) is 11.8 Å². The van der Waals surface area contributed by atoms with E-state index in [1.807, 2.05) is 42.5 Å². The van der Waals surface area contributed by atoms with Crippen LogP contribution in [0.25, 0.3) is 10.2 Å². The Balaban J connectivity index is 1.58. The first-order chi connectivity index (χ1) is 17.4. The zero-order valence-electron chi connectivity index (χ0n) is 20.3. The lowest BCUT2D eigenvalue weighted by molar-refractivity contribution is -0.119. The Labute approximate surface area is 212 Å². The third kappa shape index (κ3) is 4.01. The molecule has 0 unspecified atom stereocenters. The molecule has 2 amide bonds. The number of carbonyl (C=O) groups excluding carboxylic acids is 2. The predicted octanol–water partition coefficient (Wildman–Crippen LogP) is 4.87. The molecule has 8 nitrogen and oxygen atoms in total. The van der Waals surface area contributed by atoms with Gasteiger partial charge in [0, 0.05) is 12.6 Å². The molecule has 0 saturated carbocycles. The summed E-state index contributed by atoms with van der Waals surface area (Å²) < 4.78 is 17.1. The number of nitrogens with one attached hydrogen (secondary N) is 1. The lowest BCUT2D eigenvalue weighted by Gasteiger charge is -2.39. The fraction of sp³-hybridized carbons (Fsp3) is 0.222. The van der Waals surface area contributed by atoms with E-state index in [0.29, 0.717) is 27.8 Å². The van der Waals surface area contributed by atoms with E-state index < -0.39 is 12.0 Å². The van der Waals surface area contributed by atoms with Gasteiger partial charge in [0.25, 0.3) is 5.91 Å². The van der Waals surface area contributed by atoms with Crippen LogP contribution in [0.2, 0.25) is 0 Å². The molecule has 0 saturated heterocycles. The fourth-order valence-corrected chi connectivity index (χ4v) is 5.58. The number of methoxy groups -OCH3 is 3. The van der Waals surface area contributed by atoms with Gasteiger partial charge in [0.05, 0.1) is 43.5 Å². The molecule has 5 rings (SSSR count). The van der Waals surface area contributed by atoms with E-state index in [9.17, 15) is 9.59 Å². The summed E-state index contributed by atoms with van der Waals surface area (Å²) in [5.41, 5.74) is 2.70. The molecule has 0 bridgehead atoms. The number of likely N-dealkylation sites (N-methyl/N-ethyl adjacent to an activating group) is 1. The minimum absolute atomic E-state index is 0.151. The average Bonchev–Trinajstić information content (AvgIpc) is 3.31. The van der Waals surface area contributed by atoms with Crippen molar-refractivity contribution in [3.05, 3.63) is 77.4 Å². The van der Waals surface area contributed by atoms with Gasteiger partial charge in [-0.05, 0) is 47.5 Å². The number of hydrogen-bond donors (Lipinski definition) is 1. The van der Waals surface area contributed by atoms with Gasteiger partial charge in [0.1, 0.15) is 5.75 Å². The Kier molecular flexibility index (Phi) is 6.24. The number of rotatable bonds is 6. The van der Waals surface area contributed by atoms with Crippen LogP contribution in [-0.2, 0) is 4.79 Å². The number of thiazole rings is 1. The topological polar surface area (TPSA) is 90.0 Å². The number of fused-ring (bicyclic) bond motifs is 2. The van der Waals surface area contributed by atoms with Gasteiger partial charge in [-0.3, -0.25) is 9.59 Å². The summed E-state index contributed by atoms with van der Waals surface area (Å²) in [5.74, 6) is 0.725. The molecule has 9 heteroatoms. The molecule has 1 N–H and O–H groups in total. The largest absolute Gasteiger partial charge is 0.497 e. The molecule has 1 aliphatic heterocycles. The average molecular weight is 504 g/mol. The van der Waals surface area contributed by atoms with Gasteiger partial charge in [0.15, 0.2) is 16.6 Å². The Morgan fingerprint density at radius 2 is 1.75 bits per heavy atom. The highest BCUT2D eigenvalue weighted by molar-refractivity contribution is 7.22. The van der Waals surface area contributed by atoms with Crippen molar-refractivity contribution in [2.24, 2.45) is 0 Å². The predicted molar refractivity (Wildman–Crippen MR) is 138 cm³/mol. The second kappa shape index (κ2) is 9.50. The molecule has 4 aromatic rings. The Morgan fingerprint density at radius 1 is 0.972 bits per heavy atom. The SMILES string of the molecule is COc1ccc2nc(NC(=O)[C@H]3c4ccccc4C(=O)N(C)[C@H]3c3ccc(OC)c(OC)c3)sc2c1. The molecule has 2 heterocycles. The molecule has 3 aromatic carbocycles. The van der Waals surface area contributed by atoms with Crippen molar-refractivity contribution >= 4 is 38.5 Å². The lowest BCUT2D eigenvalue weighted by Crippen LogP contribution is -2.44. The number of aromatic nitrogens is 1. The highest BCUT2D eigenvalue weighted by Gasteiger charge is 2.43. The maximum absolute atomic E-state index is 13.9. The molecule has 0 fully saturated rings. The summed E-state index contributed by atoms with van der Waals surface area (Å²) in [6, 6.07) is 17.7. The lowest BCUT2D eigenvalue weighted by atomic mass is 9.79. The Morgan fingerprint density at radius 3 is 2.50 bits per heavy atom. The third-order valence-corrected chi connectivity index (χ3v) is 7.37. The van der Waals surface area contributed by atoms with Crippen LogP contribution >= 0.6 is 11.3 Å². The van der Waals surface area contributed by atoms with Gasteiger partial charge in [-0.2, -0.15) is 0 Å². The molecule has 0 radical (unpaired) electrons. The van der Waals surface area contributed by atoms with Gasteiger partial charge in [0.2, 0.25) is 5.91 Å². The van der Waals surface area contributed by atoms with Gasteiger partial charge < -0.3 is 24.4 Å². The summed E-state index contributed by atoms with van der Waals surface area (Å²) in [7, 11) is 6.44. The highest BCUT2D eigenvalue weighted by atomic mass is 32.1. The molecular weight excluding hydrogens is 478 g/mol. The van der Waals surface area contributed by atoms with Crippen molar-refractivity contribution < 1.29 is 23.8 Å². The number of nitrogens with zero attached hydrogens (tertiary/aromatic N) is 2. The van der Waals surface area contributed by atoms with Crippen molar-refractivity contribution in [2.75, 3.05) is 33.7 Å². The monoisotopic (exact) mass is 503 g/mol. The zero-order chi connectivity index (χ0) is 25.4. The molecule has 1 aromatic heterocycles. The van der Waals surface area contributed by atoms with E-state index in [4.69, 9.17) is 14.2 Å². The van der Waals surface area contributed by atoms with Crippen LogP contribution in [0, 0.1) is 0 Å². The summed E-state index contributed by atoms with van der Waals surface area (Å²) >= 11 is 1.37. The standard InChI is InChI=1S/C27H25N3O5S/c1-30-24(15-9-12-20(34-3)21(13-15)35-4)23(17-7-5-6-8-18(17)26(30)32)25(31)29-27-28-19-11-10-16(33-2)14-22(19)36-27/h5-14,23-24H,1-4H3,(H,28,29,31)/t23-,24-/m0/s1. The molecule has 0 aliphatic carbocycles. The summed E-state index contributed by atoms with van der Waals surface area (Å²) in [6.07, 6.45) is 0. The van der Waals surface area contributed by atoms with Crippen molar-refractivity contribution in [1.82, 2.24) is 9.88 Å². The normalized spacial score (nSPS) is 17.0.